The Morgan fingerprint density at radius 2 is 2.12 bits per heavy atom. The number of nitrogens with zero attached hydrogens (tertiary/aromatic N) is 1. The van der Waals surface area contributed by atoms with Crippen molar-refractivity contribution in [1.82, 2.24) is 9.03 Å². The molecule has 3 N–H and O–H groups in total. The zero-order valence-electron chi connectivity index (χ0n) is 10.1. The Morgan fingerprint density at radius 3 is 2.62 bits per heavy atom. The summed E-state index contributed by atoms with van der Waals surface area (Å²) >= 11 is 0. The summed E-state index contributed by atoms with van der Waals surface area (Å²) in [4.78, 5) is 0. The fraction of sp³-hybridized carbons (Fsp3) is 1.00. The number of hydrogen-bond donors (Lipinski definition) is 2. The third-order valence-corrected chi connectivity index (χ3v) is 4.50. The van der Waals surface area contributed by atoms with E-state index in [0.29, 0.717) is 19.0 Å². The highest BCUT2D eigenvalue weighted by molar-refractivity contribution is 7.87. The van der Waals surface area contributed by atoms with Crippen LogP contribution in [0, 0.1) is 5.92 Å². The monoisotopic (exact) mass is 249 g/mol. The van der Waals surface area contributed by atoms with Gasteiger partial charge in [-0.2, -0.15) is 12.7 Å². The predicted octanol–water partition coefficient (Wildman–Crippen LogP) is 0.290. The summed E-state index contributed by atoms with van der Waals surface area (Å²) in [5, 5.41) is 0. The molecule has 1 aliphatic rings. The van der Waals surface area contributed by atoms with Gasteiger partial charge in [0.25, 0.3) is 10.2 Å². The molecule has 6 heteroatoms. The van der Waals surface area contributed by atoms with Crippen LogP contribution in [0.2, 0.25) is 0 Å². The molecular formula is C10H23N3O2S. The van der Waals surface area contributed by atoms with Gasteiger partial charge in [-0.15, -0.1) is 0 Å². The summed E-state index contributed by atoms with van der Waals surface area (Å²) in [6, 6.07) is -0.0330. The van der Waals surface area contributed by atoms with E-state index < -0.39 is 10.2 Å². The largest absolute Gasteiger partial charge is 0.326 e. The van der Waals surface area contributed by atoms with Crippen molar-refractivity contribution in [1.29, 1.82) is 0 Å². The number of hydrogen-bond acceptors (Lipinski definition) is 3. The van der Waals surface area contributed by atoms with E-state index in [1.807, 2.05) is 6.92 Å². The van der Waals surface area contributed by atoms with Gasteiger partial charge >= 0.3 is 0 Å². The van der Waals surface area contributed by atoms with Crippen LogP contribution in [-0.2, 0) is 10.2 Å². The van der Waals surface area contributed by atoms with Crippen LogP contribution in [0.1, 0.15) is 32.6 Å². The maximum atomic E-state index is 11.7. The molecule has 1 saturated carbocycles. The van der Waals surface area contributed by atoms with Crippen molar-refractivity contribution in [2.75, 3.05) is 20.1 Å². The molecule has 0 aromatic carbocycles. The standard InChI is InChI=1S/C10H23N3O2S/c1-3-4-7-13(2)16(14,15)12-8-10(11)9-5-6-9/h9-10,12H,3-8,11H2,1-2H3. The van der Waals surface area contributed by atoms with Crippen molar-refractivity contribution in [3.05, 3.63) is 0 Å². The molecule has 1 rings (SSSR count). The Bertz CT molecular complexity index is 301. The summed E-state index contributed by atoms with van der Waals surface area (Å²) in [5.41, 5.74) is 5.84. The van der Waals surface area contributed by atoms with Gasteiger partial charge in [0.15, 0.2) is 0 Å². The maximum absolute atomic E-state index is 11.7. The number of nitrogens with two attached hydrogens (primary N) is 1. The van der Waals surface area contributed by atoms with E-state index in [2.05, 4.69) is 4.72 Å². The van der Waals surface area contributed by atoms with Crippen LogP contribution < -0.4 is 10.5 Å². The molecule has 1 unspecified atom stereocenters. The van der Waals surface area contributed by atoms with Gasteiger partial charge in [0.2, 0.25) is 0 Å². The molecule has 0 radical (unpaired) electrons. The topological polar surface area (TPSA) is 75.4 Å². The van der Waals surface area contributed by atoms with Gasteiger partial charge in [0.05, 0.1) is 0 Å². The molecule has 0 aromatic heterocycles. The van der Waals surface area contributed by atoms with Gasteiger partial charge in [-0.1, -0.05) is 13.3 Å². The van der Waals surface area contributed by atoms with Gasteiger partial charge < -0.3 is 5.73 Å². The van der Waals surface area contributed by atoms with Crippen molar-refractivity contribution in [3.63, 3.8) is 0 Å². The van der Waals surface area contributed by atoms with Gasteiger partial charge in [-0.05, 0) is 25.2 Å². The van der Waals surface area contributed by atoms with Gasteiger partial charge in [-0.25, -0.2) is 4.72 Å². The molecular weight excluding hydrogens is 226 g/mol. The van der Waals surface area contributed by atoms with E-state index in [4.69, 9.17) is 5.73 Å². The maximum Gasteiger partial charge on any atom is 0.279 e. The Hall–Kier alpha value is -0.170. The highest BCUT2D eigenvalue weighted by Crippen LogP contribution is 2.31. The molecule has 0 aliphatic heterocycles. The molecule has 16 heavy (non-hydrogen) atoms. The average Bonchev–Trinajstić information content (AvgIpc) is 3.06. The molecule has 5 nitrogen and oxygen atoms in total. The summed E-state index contributed by atoms with van der Waals surface area (Å²) in [5.74, 6) is 0.517. The van der Waals surface area contributed by atoms with Crippen LogP contribution in [0.15, 0.2) is 0 Å². The highest BCUT2D eigenvalue weighted by atomic mass is 32.2. The quantitative estimate of drug-likeness (QED) is 0.649. The zero-order chi connectivity index (χ0) is 12.2. The van der Waals surface area contributed by atoms with Gasteiger partial charge in [0, 0.05) is 26.2 Å². The zero-order valence-corrected chi connectivity index (χ0v) is 11.0. The average molecular weight is 249 g/mol. The molecule has 1 fully saturated rings. The first-order chi connectivity index (χ1) is 7.47. The Labute approximate surface area is 98.6 Å². The minimum Gasteiger partial charge on any atom is -0.326 e. The van der Waals surface area contributed by atoms with Crippen LogP contribution in [0.4, 0.5) is 0 Å². The van der Waals surface area contributed by atoms with Crippen molar-refractivity contribution in [2.24, 2.45) is 11.7 Å². The molecule has 1 atom stereocenters. The lowest BCUT2D eigenvalue weighted by Crippen LogP contribution is -2.44. The molecule has 1 aliphatic carbocycles. The van der Waals surface area contributed by atoms with E-state index in [1.165, 1.54) is 4.31 Å². The Morgan fingerprint density at radius 1 is 1.50 bits per heavy atom. The first kappa shape index (κ1) is 13.9. The normalized spacial score (nSPS) is 19.0. The number of nitrogens with one attached hydrogen (secondary N) is 1. The minimum atomic E-state index is -3.33. The molecule has 96 valence electrons. The SMILES string of the molecule is CCCCN(C)S(=O)(=O)NCC(N)C1CC1. The van der Waals surface area contributed by atoms with E-state index in [9.17, 15) is 8.42 Å². The van der Waals surface area contributed by atoms with Crippen LogP contribution in [0.3, 0.4) is 0 Å². The van der Waals surface area contributed by atoms with Crippen LogP contribution in [-0.4, -0.2) is 38.9 Å². The molecule has 0 bridgehead atoms. The lowest BCUT2D eigenvalue weighted by atomic mass is 10.2. The molecule has 0 saturated heterocycles. The van der Waals surface area contributed by atoms with Crippen LogP contribution >= 0.6 is 0 Å². The lowest BCUT2D eigenvalue weighted by Gasteiger charge is -2.19. The van der Waals surface area contributed by atoms with E-state index in [-0.39, 0.29) is 6.04 Å². The van der Waals surface area contributed by atoms with E-state index in [0.717, 1.165) is 25.7 Å². The van der Waals surface area contributed by atoms with Crippen LogP contribution in [0.5, 0.6) is 0 Å². The third-order valence-electron chi connectivity index (χ3n) is 2.97. The molecule has 0 aromatic rings. The van der Waals surface area contributed by atoms with E-state index in [1.54, 1.807) is 7.05 Å². The highest BCUT2D eigenvalue weighted by Gasteiger charge is 2.29. The fourth-order valence-corrected chi connectivity index (χ4v) is 2.50. The smallest absolute Gasteiger partial charge is 0.279 e. The fourth-order valence-electron chi connectivity index (χ4n) is 1.50. The summed E-state index contributed by atoms with van der Waals surface area (Å²) in [6.45, 7) is 2.95. The molecule has 0 amide bonds. The van der Waals surface area contributed by atoms with E-state index >= 15 is 0 Å². The summed E-state index contributed by atoms with van der Waals surface area (Å²) in [7, 11) is -1.73. The second-order valence-electron chi connectivity index (χ2n) is 4.53. The van der Waals surface area contributed by atoms with Crippen molar-refractivity contribution >= 4 is 10.2 Å². The minimum absolute atomic E-state index is 0.0330. The van der Waals surface area contributed by atoms with Crippen molar-refractivity contribution in [3.8, 4) is 0 Å². The first-order valence-corrected chi connectivity index (χ1v) is 7.38. The molecule has 0 heterocycles. The Balaban J connectivity index is 2.31. The third kappa shape index (κ3) is 4.37. The predicted molar refractivity (Wildman–Crippen MR) is 65.2 cm³/mol. The lowest BCUT2D eigenvalue weighted by molar-refractivity contribution is 0.443. The number of rotatable bonds is 8. The molecule has 0 spiro atoms. The van der Waals surface area contributed by atoms with Crippen LogP contribution in [0.25, 0.3) is 0 Å². The van der Waals surface area contributed by atoms with Gasteiger partial charge in [-0.3, -0.25) is 0 Å². The second-order valence-corrected chi connectivity index (χ2v) is 6.39. The van der Waals surface area contributed by atoms with Gasteiger partial charge in [0.1, 0.15) is 0 Å². The first-order valence-electron chi connectivity index (χ1n) is 5.94. The summed E-state index contributed by atoms with van der Waals surface area (Å²) < 4.78 is 27.4. The van der Waals surface area contributed by atoms with Crippen molar-refractivity contribution in [2.45, 2.75) is 38.6 Å². The Kier molecular flexibility index (Phi) is 5.17. The summed E-state index contributed by atoms with van der Waals surface area (Å²) in [6.07, 6.45) is 4.14. The second kappa shape index (κ2) is 5.95. The number of unbranched alkanes of at least 4 members (excludes halogenated alkanes) is 1. The van der Waals surface area contributed by atoms with Crippen molar-refractivity contribution < 1.29 is 8.42 Å².